The van der Waals surface area contributed by atoms with Gasteiger partial charge in [-0.05, 0) is 65.2 Å². The molecule has 0 saturated heterocycles. The lowest BCUT2D eigenvalue weighted by molar-refractivity contribution is 0.670. The summed E-state index contributed by atoms with van der Waals surface area (Å²) in [7, 11) is 0. The zero-order chi connectivity index (χ0) is 37.0. The van der Waals surface area contributed by atoms with E-state index in [-0.39, 0.29) is 0 Å². The van der Waals surface area contributed by atoms with Crippen LogP contribution in [-0.4, -0.2) is 15.0 Å². The molecule has 5 heteroatoms. The molecule has 11 rings (SSSR count). The molecule has 0 fully saturated rings. The fraction of sp³-hybridized carbons (Fsp3) is 0. The molecule has 7 aromatic carbocycles. The maximum atomic E-state index is 6.76. The Labute approximate surface area is 327 Å². The highest BCUT2D eigenvalue weighted by Crippen LogP contribution is 2.46. The summed E-state index contributed by atoms with van der Waals surface area (Å²) in [6, 6.07) is 63.5. The van der Waals surface area contributed by atoms with E-state index < -0.39 is 0 Å². The topological polar surface area (TPSA) is 51.8 Å². The zero-order valence-corrected chi connectivity index (χ0v) is 30.9. The highest BCUT2D eigenvalue weighted by atomic mass is 32.1. The first-order valence-electron chi connectivity index (χ1n) is 18.7. The van der Waals surface area contributed by atoms with E-state index in [9.17, 15) is 0 Å². The van der Waals surface area contributed by atoms with E-state index in [0.29, 0.717) is 5.82 Å². The first kappa shape index (κ1) is 32.2. The van der Waals surface area contributed by atoms with E-state index in [1.807, 2.05) is 60.0 Å². The minimum atomic E-state index is 0.668. The predicted octanol–water partition coefficient (Wildman–Crippen LogP) is 14.1. The Morgan fingerprint density at radius 3 is 1.89 bits per heavy atom. The van der Waals surface area contributed by atoms with Crippen LogP contribution in [0.15, 0.2) is 193 Å². The third-order valence-corrected chi connectivity index (χ3v) is 11.7. The smallest absolute Gasteiger partial charge is 0.160 e. The SMILES string of the molecule is c1ccc(-c2cc(-c3cccc(-c4ccccn4)c3)nc(-c3ccc(-c4ccc(-c5cccc6sc7ccccc7c56)c5oc6ccccc6c45)cc3)n2)cc1. The third-order valence-electron chi connectivity index (χ3n) is 10.6. The Kier molecular flexibility index (Phi) is 7.64. The zero-order valence-electron chi connectivity index (χ0n) is 30.1. The van der Waals surface area contributed by atoms with Gasteiger partial charge in [0.05, 0.1) is 17.1 Å². The van der Waals surface area contributed by atoms with Crippen molar-refractivity contribution < 1.29 is 4.42 Å². The number of para-hydroxylation sites is 1. The van der Waals surface area contributed by atoms with Gasteiger partial charge in [0.15, 0.2) is 5.82 Å². The lowest BCUT2D eigenvalue weighted by atomic mass is 9.92. The summed E-state index contributed by atoms with van der Waals surface area (Å²) < 4.78 is 9.32. The number of hydrogen-bond donors (Lipinski definition) is 0. The summed E-state index contributed by atoms with van der Waals surface area (Å²) >= 11 is 1.84. The number of fused-ring (bicyclic) bond motifs is 6. The Hall–Kier alpha value is -7.21. The van der Waals surface area contributed by atoms with Crippen LogP contribution >= 0.6 is 11.3 Å². The molecule has 56 heavy (non-hydrogen) atoms. The first-order chi connectivity index (χ1) is 27.7. The van der Waals surface area contributed by atoms with Gasteiger partial charge in [-0.1, -0.05) is 133 Å². The van der Waals surface area contributed by atoms with Crippen molar-refractivity contribution in [2.45, 2.75) is 0 Å². The van der Waals surface area contributed by atoms with Crippen LogP contribution in [0.5, 0.6) is 0 Å². The van der Waals surface area contributed by atoms with Gasteiger partial charge >= 0.3 is 0 Å². The summed E-state index contributed by atoms with van der Waals surface area (Å²) in [4.78, 5) is 14.9. The van der Waals surface area contributed by atoms with Gasteiger partial charge < -0.3 is 4.42 Å². The van der Waals surface area contributed by atoms with E-state index in [0.717, 1.165) is 78.0 Å². The molecule has 4 aromatic heterocycles. The van der Waals surface area contributed by atoms with Crippen molar-refractivity contribution in [2.75, 3.05) is 0 Å². The fourth-order valence-corrected chi connectivity index (χ4v) is 9.06. The number of hydrogen-bond acceptors (Lipinski definition) is 5. The molecule has 0 bridgehead atoms. The average molecular weight is 734 g/mol. The number of benzene rings is 7. The van der Waals surface area contributed by atoms with E-state index in [2.05, 4.69) is 145 Å². The number of nitrogens with zero attached hydrogens (tertiary/aromatic N) is 3. The van der Waals surface area contributed by atoms with Gasteiger partial charge in [0, 0.05) is 65.0 Å². The second kappa shape index (κ2) is 13.3. The van der Waals surface area contributed by atoms with Crippen LogP contribution in [-0.2, 0) is 0 Å². The summed E-state index contributed by atoms with van der Waals surface area (Å²) in [6.45, 7) is 0. The van der Waals surface area contributed by atoms with E-state index >= 15 is 0 Å². The molecular weight excluding hydrogens is 703 g/mol. The summed E-state index contributed by atoms with van der Waals surface area (Å²) in [5, 5.41) is 4.75. The minimum Gasteiger partial charge on any atom is -0.455 e. The molecule has 0 radical (unpaired) electrons. The first-order valence-corrected chi connectivity index (χ1v) is 19.5. The molecule has 0 aliphatic heterocycles. The lowest BCUT2D eigenvalue weighted by Gasteiger charge is -2.12. The van der Waals surface area contributed by atoms with Crippen LogP contribution in [0.4, 0.5) is 0 Å². The van der Waals surface area contributed by atoms with Crippen molar-refractivity contribution in [3.05, 3.63) is 188 Å². The van der Waals surface area contributed by atoms with Crippen LogP contribution in [0.1, 0.15) is 0 Å². The van der Waals surface area contributed by atoms with Gasteiger partial charge in [-0.3, -0.25) is 4.98 Å². The maximum absolute atomic E-state index is 6.76. The second-order valence-corrected chi connectivity index (χ2v) is 15.0. The highest BCUT2D eigenvalue weighted by molar-refractivity contribution is 7.25. The van der Waals surface area contributed by atoms with Gasteiger partial charge in [-0.2, -0.15) is 0 Å². The molecule has 0 saturated carbocycles. The van der Waals surface area contributed by atoms with E-state index in [1.165, 1.54) is 25.7 Å². The van der Waals surface area contributed by atoms with Crippen molar-refractivity contribution in [1.29, 1.82) is 0 Å². The molecule has 0 spiro atoms. The standard InChI is InChI=1S/C51H31N3OS/c1-2-12-33(13-3-1)43-31-44(36-15-10-14-35(30-36)42-19-8-9-29-52-42)54-51(53-43)34-25-23-32(24-26-34)37-27-28-39(50-49(37)40-16-4-6-20-45(40)55-50)38-18-11-22-47-48(38)41-17-5-7-21-46(41)56-47/h1-31H. The second-order valence-electron chi connectivity index (χ2n) is 13.9. The number of pyridine rings is 1. The van der Waals surface area contributed by atoms with Gasteiger partial charge in [0.25, 0.3) is 0 Å². The van der Waals surface area contributed by atoms with Gasteiger partial charge in [-0.25, -0.2) is 9.97 Å². The van der Waals surface area contributed by atoms with Crippen LogP contribution in [0, 0.1) is 0 Å². The molecule has 0 atom stereocenters. The van der Waals surface area contributed by atoms with Gasteiger partial charge in [-0.15, -0.1) is 11.3 Å². The number of aromatic nitrogens is 3. The quantitative estimate of drug-likeness (QED) is 0.171. The maximum Gasteiger partial charge on any atom is 0.160 e. The van der Waals surface area contributed by atoms with Gasteiger partial charge in [0.1, 0.15) is 11.2 Å². The Bertz CT molecular complexity index is 3240. The normalized spacial score (nSPS) is 11.6. The average Bonchev–Trinajstić information content (AvgIpc) is 3.86. The Morgan fingerprint density at radius 1 is 0.393 bits per heavy atom. The summed E-state index contributed by atoms with van der Waals surface area (Å²) in [6.07, 6.45) is 1.82. The van der Waals surface area contributed by atoms with Crippen molar-refractivity contribution >= 4 is 53.4 Å². The number of rotatable bonds is 6. The van der Waals surface area contributed by atoms with Crippen LogP contribution in [0.25, 0.3) is 110 Å². The molecule has 4 nitrogen and oxygen atoms in total. The molecule has 262 valence electrons. The molecular formula is C51H31N3OS. The van der Waals surface area contributed by atoms with E-state index in [4.69, 9.17) is 14.4 Å². The Balaban J connectivity index is 1.04. The van der Waals surface area contributed by atoms with E-state index in [1.54, 1.807) is 0 Å². The third kappa shape index (κ3) is 5.48. The largest absolute Gasteiger partial charge is 0.455 e. The van der Waals surface area contributed by atoms with Crippen LogP contribution < -0.4 is 0 Å². The monoisotopic (exact) mass is 733 g/mol. The van der Waals surface area contributed by atoms with Crippen LogP contribution in [0.2, 0.25) is 0 Å². The van der Waals surface area contributed by atoms with Crippen molar-refractivity contribution in [3.8, 4) is 67.4 Å². The number of thiophene rings is 1. The van der Waals surface area contributed by atoms with Crippen molar-refractivity contribution in [3.63, 3.8) is 0 Å². The summed E-state index contributed by atoms with van der Waals surface area (Å²) in [5.74, 6) is 0.668. The van der Waals surface area contributed by atoms with Crippen LogP contribution in [0.3, 0.4) is 0 Å². The van der Waals surface area contributed by atoms with Gasteiger partial charge in [0.2, 0.25) is 0 Å². The summed E-state index contributed by atoms with van der Waals surface area (Å²) in [5.41, 5.74) is 12.9. The molecule has 0 N–H and O–H groups in total. The molecule has 0 aliphatic carbocycles. The predicted molar refractivity (Wildman–Crippen MR) is 233 cm³/mol. The fourth-order valence-electron chi connectivity index (χ4n) is 7.93. The minimum absolute atomic E-state index is 0.668. The Morgan fingerprint density at radius 2 is 1.05 bits per heavy atom. The molecule has 0 aliphatic rings. The molecule has 0 unspecified atom stereocenters. The molecule has 11 aromatic rings. The van der Waals surface area contributed by atoms with Crippen molar-refractivity contribution in [2.24, 2.45) is 0 Å². The van der Waals surface area contributed by atoms with Crippen molar-refractivity contribution in [1.82, 2.24) is 15.0 Å². The lowest BCUT2D eigenvalue weighted by Crippen LogP contribution is -1.96. The number of furan rings is 1. The molecule has 4 heterocycles. The highest BCUT2D eigenvalue weighted by Gasteiger charge is 2.20. The molecule has 0 amide bonds.